The quantitative estimate of drug-likeness (QED) is 0.422. The monoisotopic (exact) mass is 334 g/mol. The summed E-state index contributed by atoms with van der Waals surface area (Å²) < 4.78 is 0. The van der Waals surface area contributed by atoms with Crippen LogP contribution in [0.4, 0.5) is 0 Å². The molecule has 0 saturated carbocycles. The van der Waals surface area contributed by atoms with Crippen molar-refractivity contribution >= 4 is 0 Å². The van der Waals surface area contributed by atoms with Crippen LogP contribution in [0.2, 0.25) is 0 Å². The Morgan fingerprint density at radius 3 is 1.58 bits per heavy atom. The molecule has 0 aliphatic carbocycles. The normalized spacial score (nSPS) is 11.6. The average Bonchev–Trinajstić information content (AvgIpc) is 2.48. The molecule has 2 heteroatoms. The van der Waals surface area contributed by atoms with E-state index in [4.69, 9.17) is 0 Å². The van der Waals surface area contributed by atoms with Crippen LogP contribution < -0.4 is 0 Å². The summed E-state index contributed by atoms with van der Waals surface area (Å²) in [5, 5.41) is 20.5. The molecule has 0 aromatic heterocycles. The maximum atomic E-state index is 10.2. The number of hydrogen-bond donors (Lipinski definition) is 2. The fourth-order valence-corrected chi connectivity index (χ4v) is 3.19. The molecule has 0 fully saturated rings. The fourth-order valence-electron chi connectivity index (χ4n) is 3.19. The van der Waals surface area contributed by atoms with E-state index in [1.807, 2.05) is 12.1 Å². The largest absolute Gasteiger partial charge is 0.508 e. The number of rotatable bonds is 12. The summed E-state index contributed by atoms with van der Waals surface area (Å²) in [6.07, 6.45) is 11.3. The van der Waals surface area contributed by atoms with Crippen molar-refractivity contribution in [1.82, 2.24) is 0 Å². The van der Waals surface area contributed by atoms with Crippen LogP contribution in [0.3, 0.4) is 0 Å². The van der Waals surface area contributed by atoms with Crippen molar-refractivity contribution in [2.45, 2.75) is 91.9 Å². The molecule has 0 spiro atoms. The molecule has 0 aliphatic heterocycles. The lowest BCUT2D eigenvalue weighted by Gasteiger charge is -2.11. The topological polar surface area (TPSA) is 40.5 Å². The standard InChI is InChI=1S/C22H38O2/c1-17(2)11-7-5-9-13-19-15-21(23)20(22(24)16-19)14-10-6-8-12-18(3)4/h15-18,23-24H,5-14H2,1-4H3. The minimum Gasteiger partial charge on any atom is -0.508 e. The van der Waals surface area contributed by atoms with E-state index in [9.17, 15) is 10.2 Å². The summed E-state index contributed by atoms with van der Waals surface area (Å²) >= 11 is 0. The molecule has 24 heavy (non-hydrogen) atoms. The molecule has 1 aromatic carbocycles. The van der Waals surface area contributed by atoms with Gasteiger partial charge in [0.25, 0.3) is 0 Å². The van der Waals surface area contributed by atoms with Crippen molar-refractivity contribution in [3.8, 4) is 11.5 Å². The molecule has 2 N–H and O–H groups in total. The highest BCUT2D eigenvalue weighted by atomic mass is 16.3. The summed E-state index contributed by atoms with van der Waals surface area (Å²) in [7, 11) is 0. The number of aryl methyl sites for hydroxylation is 1. The van der Waals surface area contributed by atoms with Gasteiger partial charge >= 0.3 is 0 Å². The highest BCUT2D eigenvalue weighted by molar-refractivity contribution is 5.46. The van der Waals surface area contributed by atoms with E-state index in [-0.39, 0.29) is 11.5 Å². The number of phenolic OH excluding ortho intramolecular Hbond substituents is 2. The molecule has 0 atom stereocenters. The van der Waals surface area contributed by atoms with Crippen LogP contribution in [-0.4, -0.2) is 10.2 Å². The molecule has 0 radical (unpaired) electrons. The zero-order chi connectivity index (χ0) is 17.9. The molecule has 0 unspecified atom stereocenters. The lowest BCUT2D eigenvalue weighted by atomic mass is 9.98. The molecule has 1 rings (SSSR count). The molecular weight excluding hydrogens is 296 g/mol. The van der Waals surface area contributed by atoms with Crippen molar-refractivity contribution in [1.29, 1.82) is 0 Å². The van der Waals surface area contributed by atoms with E-state index >= 15 is 0 Å². The lowest BCUT2D eigenvalue weighted by Crippen LogP contribution is -1.94. The Labute approximate surface area is 149 Å². The second-order valence-corrected chi connectivity index (χ2v) is 8.10. The molecule has 1 aromatic rings. The number of aromatic hydroxyl groups is 2. The van der Waals surface area contributed by atoms with E-state index in [1.165, 1.54) is 32.1 Å². The molecule has 0 heterocycles. The Balaban J connectivity index is 2.39. The predicted octanol–water partition coefficient (Wildman–Crippen LogP) is 6.62. The van der Waals surface area contributed by atoms with E-state index in [1.54, 1.807) is 0 Å². The summed E-state index contributed by atoms with van der Waals surface area (Å²) in [5.41, 5.74) is 1.78. The van der Waals surface area contributed by atoms with Gasteiger partial charge in [-0.15, -0.1) is 0 Å². The van der Waals surface area contributed by atoms with Gasteiger partial charge in [0.2, 0.25) is 0 Å². The molecule has 138 valence electrons. The van der Waals surface area contributed by atoms with Gasteiger partial charge in [-0.1, -0.05) is 66.2 Å². The first kappa shape index (κ1) is 20.9. The zero-order valence-corrected chi connectivity index (χ0v) is 16.3. The Hall–Kier alpha value is -1.18. The van der Waals surface area contributed by atoms with Gasteiger partial charge in [0, 0.05) is 5.56 Å². The predicted molar refractivity (Wildman–Crippen MR) is 104 cm³/mol. The SMILES string of the molecule is CC(C)CCCCCc1cc(O)c(CCCCCC(C)C)c(O)c1. The van der Waals surface area contributed by atoms with Gasteiger partial charge in [0.15, 0.2) is 0 Å². The number of benzene rings is 1. The molecular formula is C22H38O2. The summed E-state index contributed by atoms with van der Waals surface area (Å²) in [6, 6.07) is 3.71. The zero-order valence-electron chi connectivity index (χ0n) is 16.3. The van der Waals surface area contributed by atoms with Gasteiger partial charge in [0.05, 0.1) is 0 Å². The van der Waals surface area contributed by atoms with E-state index in [2.05, 4.69) is 27.7 Å². The van der Waals surface area contributed by atoms with Gasteiger partial charge in [-0.3, -0.25) is 0 Å². The van der Waals surface area contributed by atoms with Gasteiger partial charge < -0.3 is 10.2 Å². The third-order valence-corrected chi connectivity index (χ3v) is 4.72. The van der Waals surface area contributed by atoms with Crippen molar-refractivity contribution in [3.05, 3.63) is 23.3 Å². The second kappa shape index (κ2) is 11.4. The van der Waals surface area contributed by atoms with Crippen LogP contribution >= 0.6 is 0 Å². The Kier molecular flexibility index (Phi) is 9.90. The average molecular weight is 335 g/mol. The minimum atomic E-state index is 0.274. The van der Waals surface area contributed by atoms with Crippen molar-refractivity contribution in [2.24, 2.45) is 11.8 Å². The Morgan fingerprint density at radius 1 is 0.667 bits per heavy atom. The van der Waals surface area contributed by atoms with Crippen molar-refractivity contribution < 1.29 is 10.2 Å². The van der Waals surface area contributed by atoms with Crippen LogP contribution in [0, 0.1) is 11.8 Å². The van der Waals surface area contributed by atoms with Crippen LogP contribution in [0.1, 0.15) is 90.2 Å². The van der Waals surface area contributed by atoms with Crippen molar-refractivity contribution in [3.63, 3.8) is 0 Å². The molecule has 0 bridgehead atoms. The lowest BCUT2D eigenvalue weighted by molar-refractivity contribution is 0.433. The van der Waals surface area contributed by atoms with Gasteiger partial charge in [0.1, 0.15) is 11.5 Å². The minimum absolute atomic E-state index is 0.274. The first-order valence-electron chi connectivity index (χ1n) is 9.93. The van der Waals surface area contributed by atoms with Gasteiger partial charge in [-0.2, -0.15) is 0 Å². The molecule has 0 aliphatic rings. The third-order valence-electron chi connectivity index (χ3n) is 4.72. The van der Waals surface area contributed by atoms with Gasteiger partial charge in [-0.25, -0.2) is 0 Å². The molecule has 0 amide bonds. The molecule has 2 nitrogen and oxygen atoms in total. The Morgan fingerprint density at radius 2 is 1.12 bits per heavy atom. The first-order chi connectivity index (χ1) is 11.4. The maximum Gasteiger partial charge on any atom is 0.122 e. The highest BCUT2D eigenvalue weighted by Gasteiger charge is 2.10. The Bertz CT molecular complexity index is 440. The van der Waals surface area contributed by atoms with E-state index in [0.29, 0.717) is 0 Å². The van der Waals surface area contributed by atoms with Crippen molar-refractivity contribution in [2.75, 3.05) is 0 Å². The van der Waals surface area contributed by atoms with Crippen LogP contribution in [0.15, 0.2) is 12.1 Å². The maximum absolute atomic E-state index is 10.2. The highest BCUT2D eigenvalue weighted by Crippen LogP contribution is 2.31. The number of hydrogen-bond acceptors (Lipinski definition) is 2. The smallest absolute Gasteiger partial charge is 0.122 e. The number of unbranched alkanes of at least 4 members (excludes halogenated alkanes) is 4. The summed E-state index contributed by atoms with van der Waals surface area (Å²) in [5.74, 6) is 2.08. The van der Waals surface area contributed by atoms with Crippen LogP contribution in [0.25, 0.3) is 0 Å². The first-order valence-corrected chi connectivity index (χ1v) is 9.93. The summed E-state index contributed by atoms with van der Waals surface area (Å²) in [6.45, 7) is 9.02. The number of phenols is 2. The van der Waals surface area contributed by atoms with Crippen LogP contribution in [0.5, 0.6) is 11.5 Å². The third kappa shape index (κ3) is 8.61. The van der Waals surface area contributed by atoms with E-state index < -0.39 is 0 Å². The van der Waals surface area contributed by atoms with Gasteiger partial charge in [-0.05, 0) is 55.2 Å². The molecule has 0 saturated heterocycles. The second-order valence-electron chi connectivity index (χ2n) is 8.10. The van der Waals surface area contributed by atoms with E-state index in [0.717, 1.165) is 55.1 Å². The fraction of sp³-hybridized carbons (Fsp3) is 0.727. The van der Waals surface area contributed by atoms with Crippen LogP contribution in [-0.2, 0) is 12.8 Å². The summed E-state index contributed by atoms with van der Waals surface area (Å²) in [4.78, 5) is 0.